The van der Waals surface area contributed by atoms with Gasteiger partial charge in [-0.25, -0.2) is 4.79 Å². The fourth-order valence-electron chi connectivity index (χ4n) is 2.23. The van der Waals surface area contributed by atoms with Gasteiger partial charge in [-0.3, -0.25) is 4.79 Å². The molecule has 0 aliphatic heterocycles. The van der Waals surface area contributed by atoms with Crippen molar-refractivity contribution in [3.8, 4) is 11.5 Å². The van der Waals surface area contributed by atoms with E-state index in [0.29, 0.717) is 30.1 Å². The van der Waals surface area contributed by atoms with E-state index in [1.54, 1.807) is 12.1 Å². The number of hydrogen-bond donors (Lipinski definition) is 1. The van der Waals surface area contributed by atoms with Crippen molar-refractivity contribution in [3.05, 3.63) is 36.1 Å². The molecule has 0 bridgehead atoms. The van der Waals surface area contributed by atoms with Gasteiger partial charge in [-0.1, -0.05) is 40.3 Å². The molecule has 0 aromatic heterocycles. The lowest BCUT2D eigenvalue weighted by atomic mass is 9.88. The number of esters is 2. The average Bonchev–Trinajstić information content (AvgIpc) is 2.68. The number of halogens is 1. The van der Waals surface area contributed by atoms with Crippen LogP contribution in [0.15, 0.2) is 30.5 Å². The summed E-state index contributed by atoms with van der Waals surface area (Å²) >= 11 is 0. The van der Waals surface area contributed by atoms with E-state index < -0.39 is 17.4 Å². The van der Waals surface area contributed by atoms with Crippen LogP contribution in [-0.2, 0) is 20.7 Å². The number of carbonyl (C=O) groups is 2. The molecule has 6 nitrogen and oxygen atoms in total. The second kappa shape index (κ2) is 11.4. The highest BCUT2D eigenvalue weighted by molar-refractivity contribution is 5.79. The maximum absolute atomic E-state index is 12.7. The molecule has 0 saturated carbocycles. The second-order valence-corrected chi connectivity index (χ2v) is 8.59. The van der Waals surface area contributed by atoms with Crippen LogP contribution in [0.1, 0.15) is 59.9 Å². The molecule has 0 amide bonds. The summed E-state index contributed by atoms with van der Waals surface area (Å²) in [6.07, 6.45) is 1.85. The molecule has 1 rings (SSSR count). The molecule has 0 aliphatic carbocycles. The summed E-state index contributed by atoms with van der Waals surface area (Å²) in [6, 6.07) is 4.71. The molecule has 3 N–H and O–H groups in total. The van der Waals surface area contributed by atoms with Gasteiger partial charge in [0.05, 0.1) is 12.5 Å². The third-order valence-corrected chi connectivity index (χ3v) is 5.54. The van der Waals surface area contributed by atoms with Crippen molar-refractivity contribution in [1.82, 2.24) is 0 Å². The van der Waals surface area contributed by atoms with E-state index in [1.807, 2.05) is 40.7 Å². The van der Waals surface area contributed by atoms with Crippen LogP contribution < -0.4 is 27.6 Å². The maximum atomic E-state index is 12.7. The van der Waals surface area contributed by atoms with E-state index >= 15 is 0 Å². The SMILES string of the molecule is C=C(Oc1ccc(C[C@H]([NH3+])C(=O)OC)cc1OC(=O)C(C)(C)CC)C(C)(C)CC.[Cl-]. The molecule has 170 valence electrons. The second-order valence-electron chi connectivity index (χ2n) is 8.59. The van der Waals surface area contributed by atoms with E-state index in [2.05, 4.69) is 19.2 Å². The largest absolute Gasteiger partial charge is 1.00 e. The van der Waals surface area contributed by atoms with Gasteiger partial charge in [-0.2, -0.15) is 0 Å². The highest BCUT2D eigenvalue weighted by atomic mass is 35.5. The molecule has 0 spiro atoms. The predicted molar refractivity (Wildman–Crippen MR) is 112 cm³/mol. The van der Waals surface area contributed by atoms with E-state index in [0.717, 1.165) is 12.0 Å². The zero-order chi connectivity index (χ0) is 22.4. The monoisotopic (exact) mass is 441 g/mol. The molecule has 1 atom stereocenters. The maximum Gasteiger partial charge on any atom is 0.364 e. The zero-order valence-electron chi connectivity index (χ0n) is 19.3. The number of quaternary nitrogens is 1. The number of rotatable bonds is 10. The van der Waals surface area contributed by atoms with Gasteiger partial charge in [-0.05, 0) is 44.4 Å². The normalized spacial score (nSPS) is 12.4. The summed E-state index contributed by atoms with van der Waals surface area (Å²) < 4.78 is 16.5. The molecule has 0 saturated heterocycles. The first kappa shape index (κ1) is 27.9. The third-order valence-electron chi connectivity index (χ3n) is 5.54. The van der Waals surface area contributed by atoms with Crippen molar-refractivity contribution in [1.29, 1.82) is 0 Å². The molecule has 0 aliphatic rings. The standard InChI is InChI=1S/C23H35NO5.ClH/c1-9-22(4,5)15(3)28-18-12-11-16(13-17(24)20(25)27-8)14-19(18)29-21(26)23(6,7)10-2;/h11-12,14,17H,3,9-10,13,24H2,1-2,4-8H3;1H/t17-;/m0./s1. The first-order chi connectivity index (χ1) is 13.4. The first-order valence-electron chi connectivity index (χ1n) is 10.0. The van der Waals surface area contributed by atoms with Gasteiger partial charge in [0.25, 0.3) is 0 Å². The van der Waals surface area contributed by atoms with Gasteiger partial charge in [0.1, 0.15) is 5.76 Å². The summed E-state index contributed by atoms with van der Waals surface area (Å²) in [7, 11) is 1.33. The van der Waals surface area contributed by atoms with E-state index in [1.165, 1.54) is 7.11 Å². The Morgan fingerprint density at radius 1 is 1.03 bits per heavy atom. The van der Waals surface area contributed by atoms with E-state index in [9.17, 15) is 9.59 Å². The average molecular weight is 442 g/mol. The number of benzene rings is 1. The Kier molecular flexibility index (Phi) is 10.6. The lowest BCUT2D eigenvalue weighted by Gasteiger charge is -2.27. The van der Waals surface area contributed by atoms with Gasteiger partial charge in [0.2, 0.25) is 0 Å². The van der Waals surface area contributed by atoms with Gasteiger partial charge >= 0.3 is 11.9 Å². The van der Waals surface area contributed by atoms with Crippen LogP contribution >= 0.6 is 0 Å². The first-order valence-corrected chi connectivity index (χ1v) is 10.0. The lowest BCUT2D eigenvalue weighted by molar-refractivity contribution is -0.407. The molecular weight excluding hydrogens is 406 g/mol. The molecule has 0 heterocycles. The van der Waals surface area contributed by atoms with E-state index in [4.69, 9.17) is 14.2 Å². The number of hydrogen-bond acceptors (Lipinski definition) is 5. The molecular formula is C23H36ClNO5. The molecule has 0 unspecified atom stereocenters. The Bertz CT molecular complexity index is 758. The third kappa shape index (κ3) is 7.33. The van der Waals surface area contributed by atoms with Gasteiger partial charge in [-0.15, -0.1) is 0 Å². The Hall–Kier alpha value is -2.05. The van der Waals surface area contributed by atoms with Crippen LogP contribution in [0.2, 0.25) is 0 Å². The van der Waals surface area contributed by atoms with Gasteiger partial charge in [0, 0.05) is 11.8 Å². The van der Waals surface area contributed by atoms with Crippen LogP contribution in [0.25, 0.3) is 0 Å². The molecule has 1 aromatic carbocycles. The van der Waals surface area contributed by atoms with Crippen molar-refractivity contribution in [2.45, 2.75) is 66.8 Å². The van der Waals surface area contributed by atoms with Crippen LogP contribution in [0.3, 0.4) is 0 Å². The quantitative estimate of drug-likeness (QED) is 0.328. The van der Waals surface area contributed by atoms with Crippen LogP contribution in [0.5, 0.6) is 11.5 Å². The van der Waals surface area contributed by atoms with E-state index in [-0.39, 0.29) is 23.8 Å². The Morgan fingerprint density at radius 2 is 1.60 bits per heavy atom. The number of carbonyl (C=O) groups excluding carboxylic acids is 2. The van der Waals surface area contributed by atoms with Crippen molar-refractivity contribution >= 4 is 11.9 Å². The molecule has 0 fully saturated rings. The van der Waals surface area contributed by atoms with Crippen molar-refractivity contribution in [2.75, 3.05) is 7.11 Å². The highest BCUT2D eigenvalue weighted by Gasteiger charge is 2.30. The minimum absolute atomic E-state index is 0. The lowest BCUT2D eigenvalue weighted by Crippen LogP contribution is -3.00. The van der Waals surface area contributed by atoms with Gasteiger partial charge in [0.15, 0.2) is 17.5 Å². The van der Waals surface area contributed by atoms with Crippen molar-refractivity contribution in [3.63, 3.8) is 0 Å². The smallest absolute Gasteiger partial charge is 0.364 e. The molecule has 1 aromatic rings. The van der Waals surface area contributed by atoms with Crippen LogP contribution in [0.4, 0.5) is 0 Å². The minimum atomic E-state index is -0.631. The van der Waals surface area contributed by atoms with Crippen LogP contribution in [-0.4, -0.2) is 25.1 Å². The zero-order valence-corrected chi connectivity index (χ0v) is 20.0. The fourth-order valence-corrected chi connectivity index (χ4v) is 2.23. The summed E-state index contributed by atoms with van der Waals surface area (Å²) in [5, 5.41) is 0. The number of allylic oxidation sites excluding steroid dienone is 1. The Morgan fingerprint density at radius 3 is 2.10 bits per heavy atom. The molecule has 0 radical (unpaired) electrons. The Labute approximate surface area is 186 Å². The highest BCUT2D eigenvalue weighted by Crippen LogP contribution is 2.37. The predicted octanol–water partition coefficient (Wildman–Crippen LogP) is 0.687. The summed E-state index contributed by atoms with van der Waals surface area (Å²) in [4.78, 5) is 24.4. The summed E-state index contributed by atoms with van der Waals surface area (Å²) in [5.74, 6) is 0.568. The van der Waals surface area contributed by atoms with Crippen LogP contribution in [0, 0.1) is 10.8 Å². The van der Waals surface area contributed by atoms with Gasteiger partial charge < -0.3 is 32.4 Å². The number of methoxy groups -OCH3 is 1. The van der Waals surface area contributed by atoms with Crippen molar-refractivity contribution in [2.24, 2.45) is 10.8 Å². The summed E-state index contributed by atoms with van der Waals surface area (Å²) in [6.45, 7) is 15.8. The molecule has 30 heavy (non-hydrogen) atoms. The fraction of sp³-hybridized carbons (Fsp3) is 0.565. The van der Waals surface area contributed by atoms with Crippen molar-refractivity contribution < 1.29 is 41.9 Å². The molecule has 7 heteroatoms. The minimum Gasteiger partial charge on any atom is -1.00 e. The number of ether oxygens (including phenoxy) is 3. The topological polar surface area (TPSA) is 89.5 Å². The Balaban J connectivity index is 0.00000841. The summed E-state index contributed by atoms with van der Waals surface area (Å²) in [5.41, 5.74) is 3.76.